The molecule has 1 saturated heterocycles. The smallest absolute Gasteiger partial charge is 0.354 e. The Morgan fingerprint density at radius 3 is 2.42 bits per heavy atom. The second-order valence-electron chi connectivity index (χ2n) is 6.00. The minimum atomic E-state index is -1.05. The van der Waals surface area contributed by atoms with Gasteiger partial charge in [-0.15, -0.1) is 0 Å². The Hall–Kier alpha value is -3.00. The molecule has 8 heteroatoms. The molecule has 2 aromatic rings. The zero-order valence-electron chi connectivity index (χ0n) is 14.1. The van der Waals surface area contributed by atoms with Gasteiger partial charge in [0.05, 0.1) is 6.54 Å². The summed E-state index contributed by atoms with van der Waals surface area (Å²) in [4.78, 5) is 31.3. The van der Waals surface area contributed by atoms with Crippen molar-refractivity contribution in [1.29, 1.82) is 0 Å². The molecule has 1 aromatic carbocycles. The van der Waals surface area contributed by atoms with Crippen molar-refractivity contribution in [3.63, 3.8) is 0 Å². The number of hydrogen-bond acceptors (Lipinski definition) is 5. The summed E-state index contributed by atoms with van der Waals surface area (Å²) in [7, 11) is 0. The van der Waals surface area contributed by atoms with Gasteiger partial charge in [0.25, 0.3) is 0 Å². The number of amides is 1. The summed E-state index contributed by atoms with van der Waals surface area (Å²) in [5.74, 6) is -0.931. The Morgan fingerprint density at radius 2 is 1.77 bits per heavy atom. The van der Waals surface area contributed by atoms with Crippen molar-refractivity contribution in [2.75, 3.05) is 42.9 Å². The molecule has 26 heavy (non-hydrogen) atoms. The molecule has 1 fully saturated rings. The highest BCUT2D eigenvalue weighted by atomic mass is 19.1. The van der Waals surface area contributed by atoms with Crippen molar-refractivity contribution in [3.8, 4) is 0 Å². The molecule has 0 aliphatic carbocycles. The van der Waals surface area contributed by atoms with Crippen LogP contribution >= 0.6 is 0 Å². The minimum absolute atomic E-state index is 0.0172. The van der Waals surface area contributed by atoms with Gasteiger partial charge in [-0.25, -0.2) is 14.2 Å². The number of nitrogens with zero attached hydrogens (tertiary/aromatic N) is 3. The van der Waals surface area contributed by atoms with Crippen LogP contribution in [0.4, 0.5) is 15.9 Å². The van der Waals surface area contributed by atoms with E-state index in [4.69, 9.17) is 5.11 Å². The normalized spacial score (nSPS) is 14.9. The van der Waals surface area contributed by atoms with Gasteiger partial charge in [0.1, 0.15) is 11.6 Å². The summed E-state index contributed by atoms with van der Waals surface area (Å²) in [6.45, 7) is 2.87. The first kappa shape index (κ1) is 17.8. The van der Waals surface area contributed by atoms with E-state index in [0.29, 0.717) is 37.7 Å². The van der Waals surface area contributed by atoms with E-state index in [2.05, 4.69) is 10.3 Å². The third kappa shape index (κ3) is 4.54. The molecular weight excluding hydrogens is 339 g/mol. The SMILES string of the molecule is O=C(CN1CCN(c2cccc(C(=O)O)n2)CC1)Nc1ccc(F)cc1. The van der Waals surface area contributed by atoms with E-state index in [9.17, 15) is 14.0 Å². The molecule has 0 saturated carbocycles. The number of benzene rings is 1. The highest BCUT2D eigenvalue weighted by Gasteiger charge is 2.20. The third-order valence-electron chi connectivity index (χ3n) is 4.14. The van der Waals surface area contributed by atoms with Crippen molar-refractivity contribution in [2.24, 2.45) is 0 Å². The highest BCUT2D eigenvalue weighted by molar-refractivity contribution is 5.92. The van der Waals surface area contributed by atoms with E-state index < -0.39 is 5.97 Å². The molecule has 0 radical (unpaired) electrons. The van der Waals surface area contributed by atoms with E-state index in [0.717, 1.165) is 0 Å². The van der Waals surface area contributed by atoms with Crippen LogP contribution in [0.15, 0.2) is 42.5 Å². The Balaban J connectivity index is 1.50. The van der Waals surface area contributed by atoms with Gasteiger partial charge in [0.15, 0.2) is 5.69 Å². The number of aromatic nitrogens is 1. The number of anilines is 2. The van der Waals surface area contributed by atoms with Crippen LogP contribution in [0.5, 0.6) is 0 Å². The van der Waals surface area contributed by atoms with Gasteiger partial charge in [-0.1, -0.05) is 6.07 Å². The number of pyridine rings is 1. The maximum absolute atomic E-state index is 12.9. The average Bonchev–Trinajstić information content (AvgIpc) is 2.64. The molecule has 0 atom stereocenters. The number of hydrogen-bond donors (Lipinski definition) is 2. The first-order valence-electron chi connectivity index (χ1n) is 8.24. The van der Waals surface area contributed by atoms with Gasteiger partial charge in [-0.2, -0.15) is 0 Å². The van der Waals surface area contributed by atoms with E-state index in [1.54, 1.807) is 12.1 Å². The number of piperazine rings is 1. The Labute approximate surface area is 150 Å². The van der Waals surface area contributed by atoms with Crippen molar-refractivity contribution < 1.29 is 19.1 Å². The van der Waals surface area contributed by atoms with Gasteiger partial charge in [-0.05, 0) is 36.4 Å². The largest absolute Gasteiger partial charge is 0.477 e. The second kappa shape index (κ2) is 7.92. The molecule has 136 valence electrons. The van der Waals surface area contributed by atoms with Crippen LogP contribution in [-0.4, -0.2) is 59.6 Å². The lowest BCUT2D eigenvalue weighted by molar-refractivity contribution is -0.117. The molecule has 2 heterocycles. The number of halogens is 1. The zero-order chi connectivity index (χ0) is 18.5. The van der Waals surface area contributed by atoms with Crippen molar-refractivity contribution in [3.05, 3.63) is 54.0 Å². The fourth-order valence-electron chi connectivity index (χ4n) is 2.79. The minimum Gasteiger partial charge on any atom is -0.477 e. The molecule has 1 aliphatic heterocycles. The predicted molar refractivity (Wildman–Crippen MR) is 94.9 cm³/mol. The van der Waals surface area contributed by atoms with Crippen LogP contribution in [0.25, 0.3) is 0 Å². The summed E-state index contributed by atoms with van der Waals surface area (Å²) in [6, 6.07) is 10.6. The molecule has 1 amide bonds. The van der Waals surface area contributed by atoms with Crippen molar-refractivity contribution in [1.82, 2.24) is 9.88 Å². The highest BCUT2D eigenvalue weighted by Crippen LogP contribution is 2.15. The molecule has 0 spiro atoms. The van der Waals surface area contributed by atoms with Crippen LogP contribution in [-0.2, 0) is 4.79 Å². The molecule has 2 N–H and O–H groups in total. The van der Waals surface area contributed by atoms with Crippen molar-refractivity contribution in [2.45, 2.75) is 0 Å². The van der Waals surface area contributed by atoms with Gasteiger partial charge >= 0.3 is 5.97 Å². The second-order valence-corrected chi connectivity index (χ2v) is 6.00. The maximum Gasteiger partial charge on any atom is 0.354 e. The van der Waals surface area contributed by atoms with E-state index >= 15 is 0 Å². The van der Waals surface area contributed by atoms with Gasteiger partial charge in [0, 0.05) is 31.9 Å². The first-order chi connectivity index (χ1) is 12.5. The Morgan fingerprint density at radius 1 is 1.08 bits per heavy atom. The van der Waals surface area contributed by atoms with Gasteiger partial charge in [-0.3, -0.25) is 9.69 Å². The lowest BCUT2D eigenvalue weighted by Crippen LogP contribution is -2.49. The molecule has 3 rings (SSSR count). The molecule has 1 aliphatic rings. The average molecular weight is 358 g/mol. The van der Waals surface area contributed by atoms with Crippen LogP contribution in [0, 0.1) is 5.82 Å². The molecular formula is C18H19FN4O3. The monoisotopic (exact) mass is 358 g/mol. The van der Waals surface area contributed by atoms with Gasteiger partial charge in [0.2, 0.25) is 5.91 Å². The summed E-state index contributed by atoms with van der Waals surface area (Å²) < 4.78 is 12.9. The van der Waals surface area contributed by atoms with Crippen LogP contribution in [0.3, 0.4) is 0 Å². The lowest BCUT2D eigenvalue weighted by Gasteiger charge is -2.35. The molecule has 0 bridgehead atoms. The van der Waals surface area contributed by atoms with Gasteiger partial charge < -0.3 is 15.3 Å². The topological polar surface area (TPSA) is 85.8 Å². The first-order valence-corrected chi connectivity index (χ1v) is 8.24. The molecule has 1 aromatic heterocycles. The summed E-state index contributed by atoms with van der Waals surface area (Å²) in [5, 5.41) is 11.8. The number of carboxylic acid groups (broad SMARTS) is 1. The number of carboxylic acids is 1. The van der Waals surface area contributed by atoms with Crippen LogP contribution in [0.1, 0.15) is 10.5 Å². The van der Waals surface area contributed by atoms with Crippen molar-refractivity contribution >= 4 is 23.4 Å². The lowest BCUT2D eigenvalue weighted by atomic mass is 10.2. The number of rotatable bonds is 5. The fourth-order valence-corrected chi connectivity index (χ4v) is 2.79. The van der Waals surface area contributed by atoms with E-state index in [1.807, 2.05) is 9.80 Å². The standard InChI is InChI=1S/C18H19FN4O3/c19-13-4-6-14(7-5-13)20-17(24)12-22-8-10-23(11-9-22)16-3-1-2-15(21-16)18(25)26/h1-7H,8-12H2,(H,20,24)(H,25,26). The number of nitrogens with one attached hydrogen (secondary N) is 1. The Bertz CT molecular complexity index is 789. The Kier molecular flexibility index (Phi) is 5.43. The molecule has 0 unspecified atom stereocenters. The number of carbonyl (C=O) groups excluding carboxylic acids is 1. The summed E-state index contributed by atoms with van der Waals surface area (Å²) in [6.07, 6.45) is 0. The van der Waals surface area contributed by atoms with E-state index in [-0.39, 0.29) is 24.0 Å². The summed E-state index contributed by atoms with van der Waals surface area (Å²) >= 11 is 0. The van der Waals surface area contributed by atoms with Crippen LogP contribution < -0.4 is 10.2 Å². The maximum atomic E-state index is 12.9. The fraction of sp³-hybridized carbons (Fsp3) is 0.278. The third-order valence-corrected chi connectivity index (χ3v) is 4.14. The summed E-state index contributed by atoms with van der Waals surface area (Å²) in [5.41, 5.74) is 0.577. The predicted octanol–water partition coefficient (Wildman–Crippen LogP) is 1.68. The molecule has 7 nitrogen and oxygen atoms in total. The quantitative estimate of drug-likeness (QED) is 0.846. The number of carbonyl (C=O) groups is 2. The number of aromatic carboxylic acids is 1. The zero-order valence-corrected chi connectivity index (χ0v) is 14.1. The van der Waals surface area contributed by atoms with Crippen LogP contribution in [0.2, 0.25) is 0 Å². The van der Waals surface area contributed by atoms with E-state index in [1.165, 1.54) is 30.3 Å².